The van der Waals surface area contributed by atoms with Gasteiger partial charge in [-0.15, -0.1) is 0 Å². The largest absolute Gasteiger partial charge is 0.486 e. The van der Waals surface area contributed by atoms with Gasteiger partial charge in [0.15, 0.2) is 17.1 Å². The van der Waals surface area contributed by atoms with Crippen molar-refractivity contribution in [3.63, 3.8) is 0 Å². The van der Waals surface area contributed by atoms with Crippen LogP contribution >= 0.6 is 0 Å². The van der Waals surface area contributed by atoms with Gasteiger partial charge in [-0.05, 0) is 37.1 Å². The Kier molecular flexibility index (Phi) is 6.05. The van der Waals surface area contributed by atoms with E-state index in [1.807, 2.05) is 24.3 Å². The van der Waals surface area contributed by atoms with Gasteiger partial charge >= 0.3 is 5.76 Å². The smallest absolute Gasteiger partial charge is 0.419 e. The molecule has 0 aliphatic carbocycles. The number of oxazole rings is 1. The van der Waals surface area contributed by atoms with Crippen LogP contribution in [0.15, 0.2) is 56.6 Å². The Morgan fingerprint density at radius 1 is 1.09 bits per heavy atom. The molecule has 1 fully saturated rings. The molecule has 0 unspecified atom stereocenters. The zero-order valence-corrected chi connectivity index (χ0v) is 19.3. The highest BCUT2D eigenvalue weighted by Crippen LogP contribution is 2.30. The molecular formula is C23H25N3O7S. The van der Waals surface area contributed by atoms with Gasteiger partial charge in [-0.1, -0.05) is 12.1 Å². The van der Waals surface area contributed by atoms with E-state index in [1.54, 1.807) is 6.07 Å². The van der Waals surface area contributed by atoms with Crippen LogP contribution in [0.1, 0.15) is 19.3 Å². The minimum atomic E-state index is -3.62. The summed E-state index contributed by atoms with van der Waals surface area (Å²) in [5, 5.41) is 2.80. The maximum atomic E-state index is 12.8. The average Bonchev–Trinajstić information content (AvgIpc) is 3.49. The molecule has 1 amide bonds. The van der Waals surface area contributed by atoms with Gasteiger partial charge < -0.3 is 19.2 Å². The van der Waals surface area contributed by atoms with E-state index >= 15 is 0 Å². The highest BCUT2D eigenvalue weighted by atomic mass is 32.2. The number of amides is 1. The first-order chi connectivity index (χ1) is 16.4. The predicted octanol–water partition coefficient (Wildman–Crippen LogP) is 1.73. The number of rotatable bonds is 7. The number of para-hydroxylation sites is 2. The molecule has 180 valence electrons. The van der Waals surface area contributed by atoms with Crippen molar-refractivity contribution in [1.82, 2.24) is 14.2 Å². The molecule has 10 nitrogen and oxygen atoms in total. The molecule has 2 aliphatic rings. The van der Waals surface area contributed by atoms with Gasteiger partial charge in [0.25, 0.3) is 0 Å². The van der Waals surface area contributed by atoms with Crippen molar-refractivity contribution >= 4 is 27.0 Å². The Hall–Kier alpha value is -3.31. The Morgan fingerprint density at radius 2 is 1.85 bits per heavy atom. The molecule has 1 N–H and O–H groups in total. The van der Waals surface area contributed by atoms with Crippen LogP contribution in [0, 0.1) is 0 Å². The number of fused-ring (bicyclic) bond motifs is 2. The van der Waals surface area contributed by atoms with Crippen molar-refractivity contribution in [2.24, 2.45) is 0 Å². The number of aromatic nitrogens is 1. The molecule has 3 aromatic rings. The van der Waals surface area contributed by atoms with Gasteiger partial charge in [0.2, 0.25) is 15.9 Å². The molecule has 11 heteroatoms. The lowest BCUT2D eigenvalue weighted by molar-refractivity contribution is -0.121. The number of ether oxygens (including phenoxy) is 2. The Bertz CT molecular complexity index is 1370. The molecule has 1 saturated heterocycles. The number of carbonyl (C=O) groups is 1. The van der Waals surface area contributed by atoms with E-state index < -0.39 is 15.8 Å². The minimum absolute atomic E-state index is 0.0481. The summed E-state index contributed by atoms with van der Waals surface area (Å²) in [6.07, 6.45) is 1.41. The third-order valence-corrected chi connectivity index (χ3v) is 7.89. The van der Waals surface area contributed by atoms with Crippen molar-refractivity contribution < 1.29 is 27.1 Å². The minimum Gasteiger partial charge on any atom is -0.486 e. The lowest BCUT2D eigenvalue weighted by Gasteiger charge is -2.26. The standard InChI is InChI=1S/C23H25N3O7S/c27-22(24-14-16-15-31-19-5-1-2-6-20(19)32-16)9-12-26-18-8-7-17(13-21(18)33-23(26)28)34(29,30)25-10-3-4-11-25/h1-2,5-8,13,16H,3-4,9-12,14-15H2,(H,24,27)/t16-/m1/s1. The third kappa shape index (κ3) is 4.40. The monoisotopic (exact) mass is 487 g/mol. The topological polar surface area (TPSA) is 120 Å². The number of carbonyl (C=O) groups excluding carboxylic acids is 1. The van der Waals surface area contributed by atoms with Crippen LogP contribution in [0.5, 0.6) is 11.5 Å². The van der Waals surface area contributed by atoms with E-state index in [0.29, 0.717) is 36.7 Å². The van der Waals surface area contributed by atoms with Crippen molar-refractivity contribution in [2.75, 3.05) is 26.2 Å². The van der Waals surface area contributed by atoms with E-state index in [2.05, 4.69) is 5.32 Å². The molecule has 1 atom stereocenters. The van der Waals surface area contributed by atoms with Gasteiger partial charge in [0.1, 0.15) is 12.7 Å². The summed E-state index contributed by atoms with van der Waals surface area (Å²) in [6, 6.07) is 11.7. The van der Waals surface area contributed by atoms with Crippen LogP contribution in [0.3, 0.4) is 0 Å². The number of hydrogen-bond acceptors (Lipinski definition) is 7. The highest BCUT2D eigenvalue weighted by molar-refractivity contribution is 7.89. The van der Waals surface area contributed by atoms with Crippen molar-refractivity contribution in [1.29, 1.82) is 0 Å². The molecular weight excluding hydrogens is 462 g/mol. The quantitative estimate of drug-likeness (QED) is 0.539. The summed E-state index contributed by atoms with van der Waals surface area (Å²) in [5.41, 5.74) is 0.621. The summed E-state index contributed by atoms with van der Waals surface area (Å²) >= 11 is 0. The third-order valence-electron chi connectivity index (χ3n) is 6.00. The lowest BCUT2D eigenvalue weighted by Crippen LogP contribution is -2.41. The van der Waals surface area contributed by atoms with E-state index in [9.17, 15) is 18.0 Å². The summed E-state index contributed by atoms with van der Waals surface area (Å²) in [5.74, 6) is 0.416. The average molecular weight is 488 g/mol. The van der Waals surface area contributed by atoms with E-state index in [4.69, 9.17) is 13.9 Å². The second kappa shape index (κ2) is 9.15. The second-order valence-electron chi connectivity index (χ2n) is 8.31. The van der Waals surface area contributed by atoms with Gasteiger partial charge in [-0.3, -0.25) is 9.36 Å². The van der Waals surface area contributed by atoms with Crippen LogP contribution in [0.25, 0.3) is 11.1 Å². The highest BCUT2D eigenvalue weighted by Gasteiger charge is 2.28. The Labute approximate surface area is 196 Å². The fourth-order valence-electron chi connectivity index (χ4n) is 4.19. The predicted molar refractivity (Wildman–Crippen MR) is 122 cm³/mol. The summed E-state index contributed by atoms with van der Waals surface area (Å²) < 4.78 is 45.1. The molecule has 2 aromatic carbocycles. The molecule has 3 heterocycles. The molecule has 0 radical (unpaired) electrons. The maximum Gasteiger partial charge on any atom is 0.419 e. The van der Waals surface area contributed by atoms with Crippen molar-refractivity contribution in [2.45, 2.75) is 36.8 Å². The van der Waals surface area contributed by atoms with Crippen LogP contribution in [-0.4, -0.2) is 55.5 Å². The van der Waals surface area contributed by atoms with Gasteiger partial charge in [0.05, 0.1) is 17.0 Å². The first kappa shape index (κ1) is 22.5. The van der Waals surface area contributed by atoms with Crippen molar-refractivity contribution in [3.8, 4) is 11.5 Å². The van der Waals surface area contributed by atoms with E-state index in [0.717, 1.165) is 12.8 Å². The first-order valence-electron chi connectivity index (χ1n) is 11.2. The Balaban J connectivity index is 1.21. The summed E-state index contributed by atoms with van der Waals surface area (Å²) in [4.78, 5) is 24.8. The molecule has 5 rings (SSSR count). The van der Waals surface area contributed by atoms with Crippen LogP contribution < -0.4 is 20.5 Å². The van der Waals surface area contributed by atoms with Crippen molar-refractivity contribution in [3.05, 3.63) is 53.0 Å². The number of hydrogen-bond donors (Lipinski definition) is 1. The van der Waals surface area contributed by atoms with E-state index in [-0.39, 0.29) is 42.0 Å². The maximum absolute atomic E-state index is 12.8. The fraction of sp³-hybridized carbons (Fsp3) is 0.391. The molecule has 1 aromatic heterocycles. The number of aryl methyl sites for hydroxylation is 1. The van der Waals surface area contributed by atoms with Gasteiger partial charge in [-0.25, -0.2) is 13.2 Å². The van der Waals surface area contributed by atoms with Gasteiger partial charge in [0, 0.05) is 32.1 Å². The van der Waals surface area contributed by atoms with Crippen LogP contribution in [0.4, 0.5) is 0 Å². The number of benzene rings is 2. The lowest BCUT2D eigenvalue weighted by atomic mass is 10.2. The number of nitrogens with zero attached hydrogens (tertiary/aromatic N) is 2. The zero-order valence-electron chi connectivity index (χ0n) is 18.4. The second-order valence-corrected chi connectivity index (χ2v) is 10.2. The first-order valence-corrected chi connectivity index (χ1v) is 12.6. The molecule has 34 heavy (non-hydrogen) atoms. The van der Waals surface area contributed by atoms with Crippen LogP contribution in [0.2, 0.25) is 0 Å². The molecule has 0 spiro atoms. The van der Waals surface area contributed by atoms with Gasteiger partial charge in [-0.2, -0.15) is 4.31 Å². The van der Waals surface area contributed by atoms with E-state index in [1.165, 1.54) is 21.0 Å². The fourth-order valence-corrected chi connectivity index (χ4v) is 5.72. The molecule has 0 saturated carbocycles. The Morgan fingerprint density at radius 3 is 2.65 bits per heavy atom. The summed E-state index contributed by atoms with van der Waals surface area (Å²) in [6.45, 7) is 1.68. The molecule has 0 bridgehead atoms. The normalized spacial score (nSPS) is 18.3. The number of sulfonamides is 1. The van der Waals surface area contributed by atoms with Crippen LogP contribution in [-0.2, 0) is 21.4 Å². The summed E-state index contributed by atoms with van der Waals surface area (Å²) in [7, 11) is -3.62. The zero-order chi connectivity index (χ0) is 23.7. The SMILES string of the molecule is O=C(CCn1c(=O)oc2cc(S(=O)(=O)N3CCCC3)ccc21)NC[C@@H]1COc2ccccc2O1. The number of nitrogens with one attached hydrogen (secondary N) is 1. The molecule has 2 aliphatic heterocycles.